The van der Waals surface area contributed by atoms with Crippen molar-refractivity contribution in [3.8, 4) is 0 Å². The van der Waals surface area contributed by atoms with E-state index in [2.05, 4.69) is 0 Å². The Balaban J connectivity index is 1.80. The first-order valence-electron chi connectivity index (χ1n) is 7.50. The number of hydrogen-bond donors (Lipinski definition) is 1. The fourth-order valence-corrected chi connectivity index (χ4v) is 2.95. The normalized spacial score (nSPS) is 17.3. The Morgan fingerprint density at radius 3 is 2.57 bits per heavy atom. The van der Waals surface area contributed by atoms with Crippen molar-refractivity contribution in [2.45, 2.75) is 12.3 Å². The Kier molecular flexibility index (Phi) is 4.10. The molecule has 1 aliphatic rings. The summed E-state index contributed by atoms with van der Waals surface area (Å²) < 4.78 is 14.0. The van der Waals surface area contributed by atoms with E-state index in [1.54, 1.807) is 4.90 Å². The third kappa shape index (κ3) is 3.08. The van der Waals surface area contributed by atoms with E-state index in [1.807, 2.05) is 30.3 Å². The van der Waals surface area contributed by atoms with Gasteiger partial charge in [-0.2, -0.15) is 0 Å². The highest BCUT2D eigenvalue weighted by atomic mass is 19.1. The van der Waals surface area contributed by atoms with Crippen molar-refractivity contribution in [3.05, 3.63) is 71.0 Å². The number of hydrogen-bond acceptors (Lipinski definition) is 2. The number of nitrogens with two attached hydrogens (primary N) is 1. The van der Waals surface area contributed by atoms with Gasteiger partial charge < -0.3 is 10.6 Å². The topological polar surface area (TPSA) is 63.4 Å². The highest BCUT2D eigenvalue weighted by Crippen LogP contribution is 2.28. The summed E-state index contributed by atoms with van der Waals surface area (Å²) in [5, 5.41) is 0. The Morgan fingerprint density at radius 1 is 1.13 bits per heavy atom. The third-order valence-electron chi connectivity index (χ3n) is 4.23. The molecule has 118 valence electrons. The van der Waals surface area contributed by atoms with Gasteiger partial charge in [0.2, 0.25) is 5.91 Å². The summed E-state index contributed by atoms with van der Waals surface area (Å²) in [6.45, 7) is 1.11. The van der Waals surface area contributed by atoms with Crippen molar-refractivity contribution < 1.29 is 14.0 Å². The predicted molar refractivity (Wildman–Crippen MR) is 84.6 cm³/mol. The number of primary amides is 1. The largest absolute Gasteiger partial charge is 0.366 e. The molecule has 4 nitrogen and oxygen atoms in total. The summed E-state index contributed by atoms with van der Waals surface area (Å²) in [5.41, 5.74) is 6.40. The molecule has 0 aliphatic carbocycles. The smallest absolute Gasteiger partial charge is 0.256 e. The van der Waals surface area contributed by atoms with Crippen LogP contribution in [-0.2, 0) is 0 Å². The summed E-state index contributed by atoms with van der Waals surface area (Å²) in [5.74, 6) is -1.46. The number of halogens is 1. The van der Waals surface area contributed by atoms with Crippen LogP contribution < -0.4 is 5.73 Å². The van der Waals surface area contributed by atoms with E-state index < -0.39 is 17.6 Å². The molecule has 3 rings (SSSR count). The Morgan fingerprint density at radius 2 is 1.87 bits per heavy atom. The van der Waals surface area contributed by atoms with Gasteiger partial charge in [0.15, 0.2) is 0 Å². The van der Waals surface area contributed by atoms with Gasteiger partial charge in [-0.1, -0.05) is 30.3 Å². The lowest BCUT2D eigenvalue weighted by molar-refractivity contribution is 0.0786. The summed E-state index contributed by atoms with van der Waals surface area (Å²) in [4.78, 5) is 25.4. The number of carbonyl (C=O) groups is 2. The van der Waals surface area contributed by atoms with Gasteiger partial charge in [0.05, 0.1) is 5.56 Å². The molecule has 5 heteroatoms. The third-order valence-corrected chi connectivity index (χ3v) is 4.23. The molecule has 0 bridgehead atoms. The van der Waals surface area contributed by atoms with Crippen molar-refractivity contribution in [2.75, 3.05) is 13.1 Å². The van der Waals surface area contributed by atoms with E-state index in [4.69, 9.17) is 5.73 Å². The van der Waals surface area contributed by atoms with Crippen LogP contribution in [0, 0.1) is 5.82 Å². The summed E-state index contributed by atoms with van der Waals surface area (Å²) in [7, 11) is 0. The lowest BCUT2D eigenvalue weighted by atomic mass is 9.99. The maximum Gasteiger partial charge on any atom is 0.256 e. The van der Waals surface area contributed by atoms with Crippen LogP contribution in [0.25, 0.3) is 0 Å². The standard InChI is InChI=1S/C18H17FN2O2/c19-16-7-6-13(17(20)22)10-15(16)18(23)21-9-8-14(11-21)12-4-2-1-3-5-12/h1-7,10,14H,8-9,11H2,(H2,20,22). The molecule has 2 aromatic carbocycles. The number of amides is 2. The lowest BCUT2D eigenvalue weighted by Gasteiger charge is -2.17. The van der Waals surface area contributed by atoms with Gasteiger partial charge >= 0.3 is 0 Å². The van der Waals surface area contributed by atoms with Crippen LogP contribution in [0.15, 0.2) is 48.5 Å². The van der Waals surface area contributed by atoms with Gasteiger partial charge in [-0.25, -0.2) is 4.39 Å². The molecular weight excluding hydrogens is 295 g/mol. The molecule has 1 saturated heterocycles. The van der Waals surface area contributed by atoms with E-state index in [0.29, 0.717) is 13.1 Å². The maximum atomic E-state index is 14.0. The van der Waals surface area contributed by atoms with Gasteiger partial charge in [0.1, 0.15) is 5.82 Å². The van der Waals surface area contributed by atoms with Crippen molar-refractivity contribution >= 4 is 11.8 Å². The fraction of sp³-hybridized carbons (Fsp3) is 0.222. The first-order chi connectivity index (χ1) is 11.1. The molecular formula is C18H17FN2O2. The predicted octanol–water partition coefficient (Wildman–Crippen LogP) is 2.55. The van der Waals surface area contributed by atoms with Crippen molar-refractivity contribution in [1.29, 1.82) is 0 Å². The summed E-state index contributed by atoms with van der Waals surface area (Å²) >= 11 is 0. The first-order valence-corrected chi connectivity index (χ1v) is 7.50. The minimum atomic E-state index is -0.678. The van der Waals surface area contributed by atoms with E-state index in [9.17, 15) is 14.0 Å². The van der Waals surface area contributed by atoms with Gasteiger partial charge in [0.25, 0.3) is 5.91 Å². The quantitative estimate of drug-likeness (QED) is 0.946. The molecule has 2 aromatic rings. The van der Waals surface area contributed by atoms with E-state index in [-0.39, 0.29) is 17.0 Å². The number of likely N-dealkylation sites (tertiary alicyclic amines) is 1. The molecule has 1 aliphatic heterocycles. The highest BCUT2D eigenvalue weighted by Gasteiger charge is 2.29. The van der Waals surface area contributed by atoms with Crippen molar-refractivity contribution in [1.82, 2.24) is 4.90 Å². The van der Waals surface area contributed by atoms with Crippen molar-refractivity contribution in [3.63, 3.8) is 0 Å². The number of benzene rings is 2. The van der Waals surface area contributed by atoms with E-state index in [1.165, 1.54) is 17.7 Å². The van der Waals surface area contributed by atoms with Crippen LogP contribution in [0.3, 0.4) is 0 Å². The Hall–Kier alpha value is -2.69. The average Bonchev–Trinajstić information content (AvgIpc) is 3.05. The molecule has 1 unspecified atom stereocenters. The van der Waals surface area contributed by atoms with E-state index in [0.717, 1.165) is 12.5 Å². The molecule has 23 heavy (non-hydrogen) atoms. The summed E-state index contributed by atoms with van der Waals surface area (Å²) in [6, 6.07) is 13.6. The molecule has 0 radical (unpaired) electrons. The zero-order valence-electron chi connectivity index (χ0n) is 12.5. The Bertz CT molecular complexity index is 746. The molecule has 0 saturated carbocycles. The second-order valence-corrected chi connectivity index (χ2v) is 5.71. The van der Waals surface area contributed by atoms with Crippen LogP contribution in [-0.4, -0.2) is 29.8 Å². The molecule has 2 amide bonds. The first kappa shape index (κ1) is 15.2. The second kappa shape index (κ2) is 6.20. The van der Waals surface area contributed by atoms with E-state index >= 15 is 0 Å². The molecule has 1 heterocycles. The maximum absolute atomic E-state index is 14.0. The van der Waals surface area contributed by atoms with Crippen molar-refractivity contribution in [2.24, 2.45) is 5.73 Å². The molecule has 0 aromatic heterocycles. The van der Waals surface area contributed by atoms with Crippen LogP contribution in [0.4, 0.5) is 4.39 Å². The van der Waals surface area contributed by atoms with Gasteiger partial charge in [0, 0.05) is 24.6 Å². The second-order valence-electron chi connectivity index (χ2n) is 5.71. The van der Waals surface area contributed by atoms with Gasteiger partial charge in [-0.05, 0) is 30.2 Å². The minimum Gasteiger partial charge on any atom is -0.366 e. The monoisotopic (exact) mass is 312 g/mol. The van der Waals surface area contributed by atoms with Gasteiger partial charge in [-0.3, -0.25) is 9.59 Å². The van der Waals surface area contributed by atoms with Crippen LogP contribution in [0.2, 0.25) is 0 Å². The lowest BCUT2D eigenvalue weighted by Crippen LogP contribution is -2.29. The van der Waals surface area contributed by atoms with Crippen LogP contribution >= 0.6 is 0 Å². The zero-order valence-corrected chi connectivity index (χ0v) is 12.5. The minimum absolute atomic E-state index is 0.102. The molecule has 0 spiro atoms. The Labute approximate surface area is 133 Å². The summed E-state index contributed by atoms with van der Waals surface area (Å²) in [6.07, 6.45) is 0.840. The average molecular weight is 312 g/mol. The van der Waals surface area contributed by atoms with Crippen LogP contribution in [0.5, 0.6) is 0 Å². The number of carbonyl (C=O) groups excluding carboxylic acids is 2. The van der Waals surface area contributed by atoms with Crippen LogP contribution in [0.1, 0.15) is 38.6 Å². The number of nitrogens with zero attached hydrogens (tertiary/aromatic N) is 1. The fourth-order valence-electron chi connectivity index (χ4n) is 2.95. The number of rotatable bonds is 3. The van der Waals surface area contributed by atoms with Gasteiger partial charge in [-0.15, -0.1) is 0 Å². The molecule has 1 atom stereocenters. The SMILES string of the molecule is NC(=O)c1ccc(F)c(C(=O)N2CCC(c3ccccc3)C2)c1. The highest BCUT2D eigenvalue weighted by molar-refractivity contribution is 5.99. The molecule has 2 N–H and O–H groups in total. The molecule has 1 fully saturated rings. The zero-order chi connectivity index (χ0) is 16.4.